The monoisotopic (exact) mass is 344 g/mol. The van der Waals surface area contributed by atoms with Crippen LogP contribution in [0.5, 0.6) is 0 Å². The number of piperidine rings is 1. The fraction of sp³-hybridized carbons (Fsp3) is 1.00. The molecule has 1 atom stereocenters. The summed E-state index contributed by atoms with van der Waals surface area (Å²) >= 11 is 0. The molecule has 1 unspecified atom stereocenters. The second-order valence-corrected chi connectivity index (χ2v) is 9.16. The van der Waals surface area contributed by atoms with E-state index in [0.717, 1.165) is 64.3 Å². The molecule has 0 aromatic carbocycles. The van der Waals surface area contributed by atoms with Gasteiger partial charge in [0.1, 0.15) is 0 Å². The minimum atomic E-state index is -3.24. The maximum atomic E-state index is 12.8. The highest BCUT2D eigenvalue weighted by Crippen LogP contribution is 2.19. The van der Waals surface area contributed by atoms with Crippen molar-refractivity contribution in [3.63, 3.8) is 0 Å². The highest BCUT2D eigenvalue weighted by molar-refractivity contribution is 7.86. The molecule has 0 spiro atoms. The van der Waals surface area contributed by atoms with E-state index in [1.54, 1.807) is 8.61 Å². The molecule has 3 aliphatic rings. The molecule has 0 bridgehead atoms. The summed E-state index contributed by atoms with van der Waals surface area (Å²) in [6, 6.07) is 0. The van der Waals surface area contributed by atoms with Crippen molar-refractivity contribution in [1.82, 2.24) is 18.8 Å². The van der Waals surface area contributed by atoms with Crippen LogP contribution in [0.1, 0.15) is 38.5 Å². The molecule has 0 aliphatic carbocycles. The molecule has 3 rings (SSSR count). The Hall–Kier alpha value is -0.210. The second-order valence-electron chi connectivity index (χ2n) is 7.23. The fourth-order valence-corrected chi connectivity index (χ4v) is 5.69. The Labute approximate surface area is 141 Å². The van der Waals surface area contributed by atoms with Gasteiger partial charge in [0, 0.05) is 45.8 Å². The lowest BCUT2D eigenvalue weighted by Gasteiger charge is -2.38. The van der Waals surface area contributed by atoms with E-state index in [9.17, 15) is 8.42 Å². The van der Waals surface area contributed by atoms with Crippen molar-refractivity contribution < 1.29 is 8.42 Å². The first-order chi connectivity index (χ1) is 11.2. The third-order valence-electron chi connectivity index (χ3n) is 5.46. The predicted molar refractivity (Wildman–Crippen MR) is 92.6 cm³/mol. The smallest absolute Gasteiger partial charge is 0.282 e. The Balaban J connectivity index is 1.49. The molecule has 6 nitrogen and oxygen atoms in total. The summed E-state index contributed by atoms with van der Waals surface area (Å²) in [5.74, 6) is 0.734. The van der Waals surface area contributed by atoms with Crippen LogP contribution in [0, 0.1) is 5.92 Å². The lowest BCUT2D eigenvalue weighted by atomic mass is 9.99. The van der Waals surface area contributed by atoms with Gasteiger partial charge in [-0.25, -0.2) is 0 Å². The van der Waals surface area contributed by atoms with E-state index in [2.05, 4.69) is 10.2 Å². The fourth-order valence-electron chi connectivity index (χ4n) is 4.02. The second kappa shape index (κ2) is 8.25. The van der Waals surface area contributed by atoms with Crippen molar-refractivity contribution in [3.05, 3.63) is 0 Å². The van der Waals surface area contributed by atoms with Crippen molar-refractivity contribution >= 4 is 10.2 Å². The van der Waals surface area contributed by atoms with E-state index in [1.807, 2.05) is 0 Å². The van der Waals surface area contributed by atoms with Gasteiger partial charge in [-0.15, -0.1) is 0 Å². The third-order valence-corrected chi connectivity index (χ3v) is 7.50. The Kier molecular flexibility index (Phi) is 6.31. The topological polar surface area (TPSA) is 55.9 Å². The highest BCUT2D eigenvalue weighted by atomic mass is 32.2. The van der Waals surface area contributed by atoms with E-state index in [-0.39, 0.29) is 0 Å². The zero-order valence-corrected chi connectivity index (χ0v) is 15.1. The molecular weight excluding hydrogens is 312 g/mol. The minimum absolute atomic E-state index is 0.652. The largest absolute Gasteiger partial charge is 0.316 e. The summed E-state index contributed by atoms with van der Waals surface area (Å²) in [6.45, 7) is 7.85. The van der Waals surface area contributed by atoms with Gasteiger partial charge in [-0.2, -0.15) is 17.0 Å². The van der Waals surface area contributed by atoms with Crippen LogP contribution in [0.2, 0.25) is 0 Å². The van der Waals surface area contributed by atoms with Crippen LogP contribution in [0.4, 0.5) is 0 Å². The van der Waals surface area contributed by atoms with Crippen LogP contribution < -0.4 is 5.32 Å². The molecule has 3 fully saturated rings. The van der Waals surface area contributed by atoms with Gasteiger partial charge in [-0.3, -0.25) is 0 Å². The van der Waals surface area contributed by atoms with Crippen molar-refractivity contribution in [1.29, 1.82) is 0 Å². The van der Waals surface area contributed by atoms with Gasteiger partial charge < -0.3 is 10.2 Å². The molecule has 0 aromatic rings. The maximum absolute atomic E-state index is 12.8. The average Bonchev–Trinajstić information content (AvgIpc) is 2.86. The molecule has 0 amide bonds. The zero-order valence-electron chi connectivity index (χ0n) is 14.3. The summed E-state index contributed by atoms with van der Waals surface area (Å²) in [6.07, 6.45) is 6.92. The summed E-state index contributed by atoms with van der Waals surface area (Å²) in [5.41, 5.74) is 0. The summed E-state index contributed by atoms with van der Waals surface area (Å²) in [5, 5.41) is 3.47. The number of piperazine rings is 1. The molecule has 3 saturated heterocycles. The van der Waals surface area contributed by atoms with Gasteiger partial charge in [-0.05, 0) is 44.7 Å². The number of nitrogens with one attached hydrogen (secondary N) is 1. The SMILES string of the molecule is O=S(=O)(N1CCCCCC1)N1CCN(CC2CCCNC2)CC1. The Morgan fingerprint density at radius 3 is 2.09 bits per heavy atom. The van der Waals surface area contributed by atoms with Crippen LogP contribution in [-0.2, 0) is 10.2 Å². The number of hydrogen-bond donors (Lipinski definition) is 1. The molecule has 0 radical (unpaired) electrons. The van der Waals surface area contributed by atoms with Crippen molar-refractivity contribution in [2.24, 2.45) is 5.92 Å². The van der Waals surface area contributed by atoms with E-state index >= 15 is 0 Å². The minimum Gasteiger partial charge on any atom is -0.316 e. The molecule has 3 heterocycles. The van der Waals surface area contributed by atoms with Crippen LogP contribution in [-0.4, -0.2) is 80.8 Å². The average molecular weight is 345 g/mol. The lowest BCUT2D eigenvalue weighted by molar-refractivity contribution is 0.150. The van der Waals surface area contributed by atoms with Gasteiger partial charge in [0.05, 0.1) is 0 Å². The maximum Gasteiger partial charge on any atom is 0.282 e. The lowest BCUT2D eigenvalue weighted by Crippen LogP contribution is -2.54. The number of rotatable bonds is 4. The van der Waals surface area contributed by atoms with Crippen LogP contribution in [0.25, 0.3) is 0 Å². The molecular formula is C16H32N4O2S. The number of nitrogens with zero attached hydrogens (tertiary/aromatic N) is 3. The quantitative estimate of drug-likeness (QED) is 0.817. The van der Waals surface area contributed by atoms with Gasteiger partial charge in [0.2, 0.25) is 0 Å². The standard InChI is InChI=1S/C16H32N4O2S/c21-23(22,19-8-3-1-2-4-9-19)20-12-10-18(11-13-20)15-16-6-5-7-17-14-16/h16-17H,1-15H2. The zero-order chi connectivity index (χ0) is 16.1. The molecule has 7 heteroatoms. The van der Waals surface area contributed by atoms with E-state index in [0.29, 0.717) is 26.2 Å². The predicted octanol–water partition coefficient (Wildman–Crippen LogP) is 0.724. The Morgan fingerprint density at radius 1 is 0.826 bits per heavy atom. The number of hydrogen-bond acceptors (Lipinski definition) is 4. The van der Waals surface area contributed by atoms with Crippen LogP contribution in [0.15, 0.2) is 0 Å². The van der Waals surface area contributed by atoms with E-state index in [4.69, 9.17) is 0 Å². The van der Waals surface area contributed by atoms with Crippen molar-refractivity contribution in [2.45, 2.75) is 38.5 Å². The van der Waals surface area contributed by atoms with E-state index < -0.39 is 10.2 Å². The highest BCUT2D eigenvalue weighted by Gasteiger charge is 2.32. The first-order valence-corrected chi connectivity index (χ1v) is 10.7. The Bertz CT molecular complexity index is 449. The molecule has 1 N–H and O–H groups in total. The van der Waals surface area contributed by atoms with Gasteiger partial charge >= 0.3 is 0 Å². The molecule has 0 aromatic heterocycles. The summed E-state index contributed by atoms with van der Waals surface area (Å²) in [7, 11) is -3.24. The molecule has 0 saturated carbocycles. The summed E-state index contributed by atoms with van der Waals surface area (Å²) in [4.78, 5) is 2.45. The molecule has 23 heavy (non-hydrogen) atoms. The van der Waals surface area contributed by atoms with Gasteiger partial charge in [0.25, 0.3) is 10.2 Å². The molecule has 134 valence electrons. The van der Waals surface area contributed by atoms with Gasteiger partial charge in [0.15, 0.2) is 0 Å². The normalized spacial score (nSPS) is 30.2. The van der Waals surface area contributed by atoms with Crippen molar-refractivity contribution in [3.8, 4) is 0 Å². The van der Waals surface area contributed by atoms with Crippen molar-refractivity contribution in [2.75, 3.05) is 58.9 Å². The third kappa shape index (κ3) is 4.66. The van der Waals surface area contributed by atoms with Crippen LogP contribution >= 0.6 is 0 Å². The first kappa shape index (κ1) is 17.6. The van der Waals surface area contributed by atoms with E-state index in [1.165, 1.54) is 12.8 Å². The van der Waals surface area contributed by atoms with Crippen LogP contribution in [0.3, 0.4) is 0 Å². The van der Waals surface area contributed by atoms with Gasteiger partial charge in [-0.1, -0.05) is 12.8 Å². The molecule has 3 aliphatic heterocycles. The first-order valence-electron chi connectivity index (χ1n) is 9.34. The Morgan fingerprint density at radius 2 is 1.48 bits per heavy atom. The summed E-state index contributed by atoms with van der Waals surface area (Å²) < 4.78 is 29.1.